The summed E-state index contributed by atoms with van der Waals surface area (Å²) in [6.07, 6.45) is 6.14. The Morgan fingerprint density at radius 3 is 1.02 bits per heavy atom. The molecule has 0 bridgehead atoms. The molecule has 0 spiro atoms. The molecule has 241 valence electrons. The van der Waals surface area contributed by atoms with Gasteiger partial charge < -0.3 is 17.6 Å². The Morgan fingerprint density at radius 1 is 0.571 bits per heavy atom. The summed E-state index contributed by atoms with van der Waals surface area (Å²) < 4.78 is 0. The van der Waals surface area contributed by atoms with Crippen LogP contribution in [-0.2, 0) is 38.4 Å². The fraction of sp³-hybridized carbons (Fsp3) is 0.564. The average molecular weight is 623 g/mol. The van der Waals surface area contributed by atoms with Gasteiger partial charge in [-0.3, -0.25) is 0 Å². The van der Waals surface area contributed by atoms with Crippen LogP contribution in [0.4, 0.5) is 0 Å². The van der Waals surface area contributed by atoms with Crippen LogP contribution in [-0.4, -0.2) is 10.2 Å². The molecule has 0 atom stereocenters. The number of allylic oxidation sites excluding steroid dienone is 2. The van der Waals surface area contributed by atoms with Crippen LogP contribution >= 0.6 is 0 Å². The minimum absolute atomic E-state index is 0. The zero-order valence-electron chi connectivity index (χ0n) is 30.1. The van der Waals surface area contributed by atoms with Crippen LogP contribution in [0.5, 0.6) is 11.5 Å². The summed E-state index contributed by atoms with van der Waals surface area (Å²) in [5.74, 6) is 0.872. The molecule has 2 N–H and O–H groups in total. The average Bonchev–Trinajstić information content (AvgIpc) is 2.79. The molecule has 2 aromatic carbocycles. The Balaban J connectivity index is 0. The molecule has 0 aliphatic carbocycles. The van der Waals surface area contributed by atoms with E-state index >= 15 is 0 Å². The maximum atomic E-state index is 10.7. The van der Waals surface area contributed by atoms with Crippen molar-refractivity contribution in [1.82, 2.24) is 0 Å². The Kier molecular flexibility index (Phi) is 15.7. The topological polar surface area (TPSA) is 40.5 Å². The largest absolute Gasteiger partial charge is 0.507 e. The third-order valence-corrected chi connectivity index (χ3v) is 8.13. The van der Waals surface area contributed by atoms with Gasteiger partial charge in [0.2, 0.25) is 0 Å². The summed E-state index contributed by atoms with van der Waals surface area (Å²) in [5.41, 5.74) is 9.07. The van der Waals surface area contributed by atoms with Gasteiger partial charge in [-0.1, -0.05) is 119 Å². The van der Waals surface area contributed by atoms with Gasteiger partial charge >= 0.3 is 0 Å². The van der Waals surface area contributed by atoms with Crippen LogP contribution in [0.3, 0.4) is 0 Å². The molecule has 0 aliphatic heterocycles. The zero-order valence-corrected chi connectivity index (χ0v) is 31.1. The summed E-state index contributed by atoms with van der Waals surface area (Å²) in [7, 11) is 0. The van der Waals surface area contributed by atoms with E-state index in [2.05, 4.69) is 147 Å². The molecule has 1 radical (unpaired) electrons. The van der Waals surface area contributed by atoms with Crippen molar-refractivity contribution in [3.8, 4) is 11.5 Å². The number of aromatic hydroxyl groups is 2. The summed E-state index contributed by atoms with van der Waals surface area (Å²) in [6, 6.07) is 8.61. The van der Waals surface area contributed by atoms with E-state index < -0.39 is 0 Å². The fourth-order valence-electron chi connectivity index (χ4n) is 4.43. The summed E-state index contributed by atoms with van der Waals surface area (Å²) >= 11 is 0. The molecular formula is C39H63CoO2-. The molecule has 0 unspecified atom stereocenters. The Morgan fingerprint density at radius 2 is 0.833 bits per heavy atom. The number of phenolic OH excluding ortho intramolecular Hbond substituents is 2. The molecule has 0 heterocycles. The van der Waals surface area contributed by atoms with Gasteiger partial charge in [-0.05, 0) is 85.5 Å². The molecule has 2 rings (SSSR count). The molecule has 0 saturated carbocycles. The smallest absolute Gasteiger partial charge is 0.126 e. The van der Waals surface area contributed by atoms with Crippen molar-refractivity contribution in [3.63, 3.8) is 0 Å². The first-order valence-corrected chi connectivity index (χ1v) is 15.0. The van der Waals surface area contributed by atoms with Gasteiger partial charge in [0.25, 0.3) is 0 Å². The molecule has 0 aromatic heterocycles. The summed E-state index contributed by atoms with van der Waals surface area (Å²) in [6.45, 7) is 34.7. The van der Waals surface area contributed by atoms with Crippen LogP contribution in [0.15, 0.2) is 35.4 Å². The van der Waals surface area contributed by atoms with Crippen molar-refractivity contribution in [3.05, 3.63) is 76.2 Å². The van der Waals surface area contributed by atoms with Gasteiger partial charge in [0, 0.05) is 39.0 Å². The third-order valence-electron chi connectivity index (χ3n) is 8.13. The first-order chi connectivity index (χ1) is 18.0. The first kappa shape index (κ1) is 42.2. The molecule has 0 fully saturated rings. The van der Waals surface area contributed by atoms with Gasteiger partial charge in [0.1, 0.15) is 11.5 Å². The Bertz CT molecular complexity index is 1120. The normalized spacial score (nSPS) is 11.8. The van der Waals surface area contributed by atoms with Crippen LogP contribution in [0.2, 0.25) is 0 Å². The summed E-state index contributed by atoms with van der Waals surface area (Å²) in [4.78, 5) is 0. The molecule has 3 heteroatoms. The number of phenols is 2. The molecule has 0 amide bonds. The predicted molar refractivity (Wildman–Crippen MR) is 185 cm³/mol. The second-order valence-corrected chi connectivity index (χ2v) is 15.3. The van der Waals surface area contributed by atoms with Crippen molar-refractivity contribution in [2.24, 2.45) is 0 Å². The number of hydrogen-bond donors (Lipinski definition) is 2. The standard InChI is InChI=1S/2C19H30O.CH3.Co/c2*1-9-19(7,8)16-12-15(18(4,5)6)11-14(17(16)20)10-13(2)3;;/h2*10-12,20H,9H2,1-8H3;1H3;/q;;-1;. The maximum absolute atomic E-state index is 10.7. The molecule has 0 aliphatic rings. The van der Waals surface area contributed by atoms with E-state index in [0.29, 0.717) is 11.5 Å². The molecule has 42 heavy (non-hydrogen) atoms. The van der Waals surface area contributed by atoms with Gasteiger partial charge in [0.15, 0.2) is 0 Å². The minimum Gasteiger partial charge on any atom is -0.507 e. The van der Waals surface area contributed by atoms with Gasteiger partial charge in [-0.2, -0.15) is 0 Å². The van der Waals surface area contributed by atoms with Crippen LogP contribution in [0.1, 0.15) is 157 Å². The number of benzene rings is 2. The van der Waals surface area contributed by atoms with E-state index in [4.69, 9.17) is 0 Å². The van der Waals surface area contributed by atoms with Crippen molar-refractivity contribution in [1.29, 1.82) is 0 Å². The fourth-order valence-corrected chi connectivity index (χ4v) is 4.43. The van der Waals surface area contributed by atoms with E-state index in [1.165, 1.54) is 22.3 Å². The van der Waals surface area contributed by atoms with E-state index in [-0.39, 0.29) is 45.9 Å². The van der Waals surface area contributed by atoms with E-state index in [1.807, 2.05) is 0 Å². The van der Waals surface area contributed by atoms with E-state index in [0.717, 1.165) is 35.1 Å². The van der Waals surface area contributed by atoms with Gasteiger partial charge in [0.05, 0.1) is 0 Å². The van der Waals surface area contributed by atoms with Crippen molar-refractivity contribution < 1.29 is 27.0 Å². The number of hydrogen-bond acceptors (Lipinski definition) is 2. The Hall–Kier alpha value is -1.97. The third kappa shape index (κ3) is 11.3. The molecule has 0 saturated heterocycles. The quantitative estimate of drug-likeness (QED) is 0.315. The molecule has 2 aromatic rings. The minimum atomic E-state index is -0.0183. The van der Waals surface area contributed by atoms with Crippen LogP contribution in [0, 0.1) is 7.43 Å². The van der Waals surface area contributed by atoms with E-state index in [1.54, 1.807) is 0 Å². The zero-order chi connectivity index (χ0) is 31.4. The Labute approximate surface area is 271 Å². The molecule has 2 nitrogen and oxygen atoms in total. The van der Waals surface area contributed by atoms with Gasteiger partial charge in [-0.25, -0.2) is 0 Å². The predicted octanol–water partition coefficient (Wildman–Crippen LogP) is 12.0. The van der Waals surface area contributed by atoms with E-state index in [9.17, 15) is 10.2 Å². The van der Waals surface area contributed by atoms with Gasteiger partial charge in [-0.15, -0.1) is 0 Å². The van der Waals surface area contributed by atoms with Crippen LogP contribution < -0.4 is 0 Å². The van der Waals surface area contributed by atoms with Crippen LogP contribution in [0.25, 0.3) is 12.2 Å². The maximum Gasteiger partial charge on any atom is 0.126 e. The summed E-state index contributed by atoms with van der Waals surface area (Å²) in [5, 5.41) is 21.3. The van der Waals surface area contributed by atoms with Crippen molar-refractivity contribution in [2.45, 2.75) is 145 Å². The first-order valence-electron chi connectivity index (χ1n) is 15.0. The number of rotatable bonds is 6. The van der Waals surface area contributed by atoms with Crippen molar-refractivity contribution >= 4 is 12.2 Å². The molecular weight excluding hydrogens is 559 g/mol. The monoisotopic (exact) mass is 622 g/mol. The van der Waals surface area contributed by atoms with Crippen molar-refractivity contribution in [2.75, 3.05) is 0 Å². The SMILES string of the molecule is CCC(C)(C)c1cc(C(C)(C)C)cc(C=C(C)C)c1O.CCC(C)(C)c1cc(C(C)(C)C)cc(C=C(C)C)c1O.[CH3-].[Co]. The second kappa shape index (κ2) is 15.7. The second-order valence-electron chi connectivity index (χ2n) is 15.3.